The number of nitrogens with one attached hydrogen (secondary N) is 1. The van der Waals surface area contributed by atoms with Crippen molar-refractivity contribution in [2.24, 2.45) is 5.92 Å². The molecule has 114 valence electrons. The van der Waals surface area contributed by atoms with Crippen molar-refractivity contribution in [2.45, 2.75) is 31.7 Å². The van der Waals surface area contributed by atoms with Gasteiger partial charge in [0.15, 0.2) is 0 Å². The molecule has 0 spiro atoms. The van der Waals surface area contributed by atoms with Crippen LogP contribution < -0.4 is 5.32 Å². The number of carbonyl (C=O) groups is 2. The normalized spacial score (nSPS) is 15.9. The predicted octanol–water partition coefficient (Wildman–Crippen LogP) is 2.12. The van der Waals surface area contributed by atoms with Gasteiger partial charge in [0.25, 0.3) is 0 Å². The molecule has 0 aromatic heterocycles. The van der Waals surface area contributed by atoms with Gasteiger partial charge < -0.3 is 15.3 Å². The first-order chi connectivity index (χ1) is 10.1. The van der Waals surface area contributed by atoms with E-state index in [9.17, 15) is 14.7 Å². The number of aliphatic carboxylic acids is 1. The molecule has 0 unspecified atom stereocenters. The fourth-order valence-electron chi connectivity index (χ4n) is 2.45. The molecule has 0 radical (unpaired) electrons. The highest BCUT2D eigenvalue weighted by Gasteiger charge is 2.25. The zero-order valence-electron chi connectivity index (χ0n) is 12.3. The molecule has 1 aromatic carbocycles. The summed E-state index contributed by atoms with van der Waals surface area (Å²) in [5, 5.41) is 11.9. The molecule has 1 aliphatic rings. The lowest BCUT2D eigenvalue weighted by Crippen LogP contribution is -2.49. The second-order valence-corrected chi connectivity index (χ2v) is 5.71. The van der Waals surface area contributed by atoms with Crippen LogP contribution in [0.5, 0.6) is 0 Å². The predicted molar refractivity (Wildman–Crippen MR) is 80.1 cm³/mol. The summed E-state index contributed by atoms with van der Waals surface area (Å²) in [5.74, 6) is -0.442. The SMILES string of the molecule is CN(CC1CCC1)C(=O)N[C@H](Cc1ccccc1)C(=O)O. The van der Waals surface area contributed by atoms with Gasteiger partial charge in [0.05, 0.1) is 0 Å². The van der Waals surface area contributed by atoms with E-state index >= 15 is 0 Å². The van der Waals surface area contributed by atoms with Gasteiger partial charge >= 0.3 is 12.0 Å². The van der Waals surface area contributed by atoms with Crippen molar-refractivity contribution in [1.29, 1.82) is 0 Å². The van der Waals surface area contributed by atoms with Crippen LogP contribution in [0.1, 0.15) is 24.8 Å². The number of carboxylic acids is 1. The Labute approximate surface area is 125 Å². The largest absolute Gasteiger partial charge is 0.480 e. The highest BCUT2D eigenvalue weighted by Crippen LogP contribution is 2.26. The number of carboxylic acid groups (broad SMARTS) is 1. The fraction of sp³-hybridized carbons (Fsp3) is 0.500. The molecular formula is C16H22N2O3. The second-order valence-electron chi connectivity index (χ2n) is 5.71. The van der Waals surface area contributed by atoms with Crippen molar-refractivity contribution in [2.75, 3.05) is 13.6 Å². The molecule has 5 heteroatoms. The summed E-state index contributed by atoms with van der Waals surface area (Å²) in [4.78, 5) is 25.0. The summed E-state index contributed by atoms with van der Waals surface area (Å²) >= 11 is 0. The van der Waals surface area contributed by atoms with Gasteiger partial charge in [-0.1, -0.05) is 36.8 Å². The van der Waals surface area contributed by atoms with E-state index in [-0.39, 0.29) is 6.03 Å². The smallest absolute Gasteiger partial charge is 0.326 e. The van der Waals surface area contributed by atoms with Crippen LogP contribution in [0.25, 0.3) is 0 Å². The van der Waals surface area contributed by atoms with Gasteiger partial charge in [0.2, 0.25) is 0 Å². The lowest BCUT2D eigenvalue weighted by molar-refractivity contribution is -0.139. The number of nitrogens with zero attached hydrogens (tertiary/aromatic N) is 1. The van der Waals surface area contributed by atoms with Gasteiger partial charge in [0.1, 0.15) is 6.04 Å². The minimum atomic E-state index is -1.01. The van der Waals surface area contributed by atoms with E-state index in [4.69, 9.17) is 0 Å². The van der Waals surface area contributed by atoms with Crippen LogP contribution >= 0.6 is 0 Å². The third kappa shape index (κ3) is 4.48. The summed E-state index contributed by atoms with van der Waals surface area (Å²) in [6.07, 6.45) is 3.83. The zero-order chi connectivity index (χ0) is 15.2. The Morgan fingerprint density at radius 1 is 1.33 bits per heavy atom. The third-order valence-electron chi connectivity index (χ3n) is 3.98. The van der Waals surface area contributed by atoms with Crippen molar-refractivity contribution in [1.82, 2.24) is 10.2 Å². The van der Waals surface area contributed by atoms with Gasteiger partial charge in [-0.2, -0.15) is 0 Å². The zero-order valence-corrected chi connectivity index (χ0v) is 12.3. The maximum absolute atomic E-state index is 12.1. The number of hydrogen-bond acceptors (Lipinski definition) is 2. The van der Waals surface area contributed by atoms with E-state index in [1.54, 1.807) is 11.9 Å². The average molecular weight is 290 g/mol. The number of hydrogen-bond donors (Lipinski definition) is 2. The quantitative estimate of drug-likeness (QED) is 0.843. The highest BCUT2D eigenvalue weighted by molar-refractivity contribution is 5.82. The number of rotatable bonds is 6. The maximum Gasteiger partial charge on any atom is 0.326 e. The summed E-state index contributed by atoms with van der Waals surface area (Å²) in [7, 11) is 1.72. The third-order valence-corrected chi connectivity index (χ3v) is 3.98. The minimum absolute atomic E-state index is 0.291. The van der Waals surface area contributed by atoms with E-state index in [0.29, 0.717) is 18.9 Å². The van der Waals surface area contributed by atoms with Gasteiger partial charge in [-0.05, 0) is 24.3 Å². The molecule has 1 atom stereocenters. The van der Waals surface area contributed by atoms with E-state index in [1.807, 2.05) is 30.3 Å². The summed E-state index contributed by atoms with van der Waals surface area (Å²) in [5.41, 5.74) is 0.895. The first kappa shape index (κ1) is 15.4. The fourth-order valence-corrected chi connectivity index (χ4v) is 2.45. The molecule has 1 fully saturated rings. The van der Waals surface area contributed by atoms with Crippen molar-refractivity contribution in [3.05, 3.63) is 35.9 Å². The van der Waals surface area contributed by atoms with E-state index in [0.717, 1.165) is 18.4 Å². The average Bonchev–Trinajstić information content (AvgIpc) is 2.42. The topological polar surface area (TPSA) is 69.6 Å². The van der Waals surface area contributed by atoms with Crippen LogP contribution in [0.2, 0.25) is 0 Å². The van der Waals surface area contributed by atoms with E-state index in [2.05, 4.69) is 5.32 Å². The minimum Gasteiger partial charge on any atom is -0.480 e. The first-order valence-corrected chi connectivity index (χ1v) is 7.34. The van der Waals surface area contributed by atoms with Crippen LogP contribution in [0, 0.1) is 5.92 Å². The number of amides is 2. The summed E-state index contributed by atoms with van der Waals surface area (Å²) in [6.45, 7) is 0.698. The van der Waals surface area contributed by atoms with Crippen molar-refractivity contribution < 1.29 is 14.7 Å². The van der Waals surface area contributed by atoms with Gasteiger partial charge in [-0.15, -0.1) is 0 Å². The molecule has 1 saturated carbocycles. The lowest BCUT2D eigenvalue weighted by atomic mass is 9.85. The number of urea groups is 1. The Balaban J connectivity index is 1.89. The molecule has 0 saturated heterocycles. The molecule has 1 aliphatic carbocycles. The summed E-state index contributed by atoms with van der Waals surface area (Å²) < 4.78 is 0. The molecule has 5 nitrogen and oxygen atoms in total. The maximum atomic E-state index is 12.1. The molecule has 1 aromatic rings. The number of carbonyl (C=O) groups excluding carboxylic acids is 1. The molecule has 0 aliphatic heterocycles. The van der Waals surface area contributed by atoms with Gasteiger partial charge in [-0.3, -0.25) is 0 Å². The lowest BCUT2D eigenvalue weighted by Gasteiger charge is -2.30. The van der Waals surface area contributed by atoms with Crippen LogP contribution in [-0.2, 0) is 11.2 Å². The standard InChI is InChI=1S/C16H22N2O3/c1-18(11-13-8-5-9-13)16(21)17-14(15(19)20)10-12-6-3-2-4-7-12/h2-4,6-7,13-14H,5,8-11H2,1H3,(H,17,21)(H,19,20)/t14-/m1/s1. The van der Waals surface area contributed by atoms with Gasteiger partial charge in [0, 0.05) is 20.0 Å². The van der Waals surface area contributed by atoms with E-state index in [1.165, 1.54) is 6.42 Å². The van der Waals surface area contributed by atoms with Crippen molar-refractivity contribution in [3.63, 3.8) is 0 Å². The molecule has 2 rings (SSSR count). The summed E-state index contributed by atoms with van der Waals surface area (Å²) in [6, 6.07) is 8.11. The Bertz CT molecular complexity index is 486. The van der Waals surface area contributed by atoms with Crippen molar-refractivity contribution >= 4 is 12.0 Å². The van der Waals surface area contributed by atoms with E-state index < -0.39 is 12.0 Å². The van der Waals surface area contributed by atoms with Crippen LogP contribution in [0.3, 0.4) is 0 Å². The Kier molecular flexibility index (Phi) is 5.20. The first-order valence-electron chi connectivity index (χ1n) is 7.34. The van der Waals surface area contributed by atoms with Crippen LogP contribution in [0.15, 0.2) is 30.3 Å². The van der Waals surface area contributed by atoms with Crippen molar-refractivity contribution in [3.8, 4) is 0 Å². The highest BCUT2D eigenvalue weighted by atomic mass is 16.4. The molecule has 0 heterocycles. The molecule has 21 heavy (non-hydrogen) atoms. The monoisotopic (exact) mass is 290 g/mol. The Hall–Kier alpha value is -2.04. The second kappa shape index (κ2) is 7.11. The van der Waals surface area contributed by atoms with Crippen LogP contribution in [-0.4, -0.2) is 41.6 Å². The molecule has 2 N–H and O–H groups in total. The molecule has 2 amide bonds. The van der Waals surface area contributed by atoms with Gasteiger partial charge in [-0.25, -0.2) is 9.59 Å². The number of benzene rings is 1. The molecular weight excluding hydrogens is 268 g/mol. The Morgan fingerprint density at radius 2 is 2.00 bits per heavy atom. The van der Waals surface area contributed by atoms with Crippen LogP contribution in [0.4, 0.5) is 4.79 Å². The molecule has 0 bridgehead atoms. The Morgan fingerprint density at radius 3 is 2.52 bits per heavy atom.